The summed E-state index contributed by atoms with van der Waals surface area (Å²) in [6.07, 6.45) is 1.44. The van der Waals surface area contributed by atoms with Crippen molar-refractivity contribution in [3.63, 3.8) is 0 Å². The van der Waals surface area contributed by atoms with Crippen LogP contribution in [-0.4, -0.2) is 19.7 Å². The van der Waals surface area contributed by atoms with E-state index >= 15 is 0 Å². The summed E-state index contributed by atoms with van der Waals surface area (Å²) in [4.78, 5) is 2.25. The van der Waals surface area contributed by atoms with Gasteiger partial charge in [-0.15, -0.1) is 0 Å². The molecule has 18 heavy (non-hydrogen) atoms. The number of rotatable bonds is 3. The van der Waals surface area contributed by atoms with Crippen LogP contribution in [0.1, 0.15) is 38.2 Å². The van der Waals surface area contributed by atoms with E-state index in [4.69, 9.17) is 10.00 Å². The average Bonchev–Trinajstić information content (AvgIpc) is 2.37. The molecule has 1 heterocycles. The van der Waals surface area contributed by atoms with Crippen molar-refractivity contribution in [1.82, 2.24) is 0 Å². The van der Waals surface area contributed by atoms with Gasteiger partial charge in [0.1, 0.15) is 12.4 Å². The van der Waals surface area contributed by atoms with E-state index < -0.39 is 0 Å². The second-order valence-corrected chi connectivity index (χ2v) is 5.15. The summed E-state index contributed by atoms with van der Waals surface area (Å²) in [5.74, 6) is 1.47. The number of likely N-dealkylation sites (N-methyl/N-ethyl adjacent to an activating group) is 1. The molecule has 1 atom stereocenters. The molecule has 0 N–H and O–H groups in total. The van der Waals surface area contributed by atoms with Crippen LogP contribution in [0.15, 0.2) is 18.2 Å². The van der Waals surface area contributed by atoms with Crippen LogP contribution >= 0.6 is 0 Å². The molecule has 1 aliphatic heterocycles. The van der Waals surface area contributed by atoms with Crippen molar-refractivity contribution in [3.8, 4) is 11.8 Å². The molecule has 1 unspecified atom stereocenters. The molecule has 0 saturated heterocycles. The Hall–Kier alpha value is -1.69. The summed E-state index contributed by atoms with van der Waals surface area (Å²) in [5, 5.41) is 8.69. The summed E-state index contributed by atoms with van der Waals surface area (Å²) in [5.41, 5.74) is 2.47. The third kappa shape index (κ3) is 2.43. The minimum Gasteiger partial charge on any atom is -0.489 e. The lowest BCUT2D eigenvalue weighted by molar-refractivity contribution is 0.261. The summed E-state index contributed by atoms with van der Waals surface area (Å²) >= 11 is 0. The highest BCUT2D eigenvalue weighted by atomic mass is 16.5. The van der Waals surface area contributed by atoms with E-state index in [-0.39, 0.29) is 0 Å². The number of nitrogens with zero attached hydrogens (tertiary/aromatic N) is 2. The molecule has 0 aliphatic carbocycles. The molecule has 0 fully saturated rings. The first-order valence-electron chi connectivity index (χ1n) is 6.50. The smallest absolute Gasteiger partial charge is 0.142 e. The first-order valence-corrected chi connectivity index (χ1v) is 6.50. The molecular weight excluding hydrogens is 224 g/mol. The Labute approximate surface area is 109 Å². The van der Waals surface area contributed by atoms with Gasteiger partial charge in [0.2, 0.25) is 0 Å². The highest BCUT2D eigenvalue weighted by Crippen LogP contribution is 2.36. The third-order valence-corrected chi connectivity index (χ3v) is 3.60. The molecule has 0 saturated carbocycles. The van der Waals surface area contributed by atoms with E-state index in [1.807, 2.05) is 0 Å². The zero-order valence-corrected chi connectivity index (χ0v) is 11.3. The molecule has 0 radical (unpaired) electrons. The zero-order valence-electron chi connectivity index (χ0n) is 11.3. The van der Waals surface area contributed by atoms with Crippen LogP contribution in [0.25, 0.3) is 0 Å². The second-order valence-electron chi connectivity index (χ2n) is 5.15. The van der Waals surface area contributed by atoms with E-state index in [1.54, 1.807) is 0 Å². The second kappa shape index (κ2) is 5.30. The van der Waals surface area contributed by atoms with Crippen LogP contribution in [0.3, 0.4) is 0 Å². The maximum atomic E-state index is 8.69. The normalized spacial score (nSPS) is 18.2. The van der Waals surface area contributed by atoms with Gasteiger partial charge in [0.05, 0.1) is 17.8 Å². The van der Waals surface area contributed by atoms with Crippen molar-refractivity contribution in [2.75, 3.05) is 18.6 Å². The first-order chi connectivity index (χ1) is 8.63. The molecule has 3 nitrogen and oxygen atoms in total. The molecule has 1 aromatic rings. The highest BCUT2D eigenvalue weighted by Gasteiger charge is 2.24. The standard InChI is InChI=1S/C15H20N2O/c1-11(2)12-6-7-15-14(9-12)17(3)13(10-18-15)5-4-8-16/h6-7,9,11,13H,4-5,10H2,1-3H3. The van der Waals surface area contributed by atoms with Crippen molar-refractivity contribution in [3.05, 3.63) is 23.8 Å². The minimum absolute atomic E-state index is 0.305. The van der Waals surface area contributed by atoms with Crippen LogP contribution in [-0.2, 0) is 0 Å². The summed E-state index contributed by atoms with van der Waals surface area (Å²) in [7, 11) is 2.09. The maximum absolute atomic E-state index is 8.69. The molecule has 3 heteroatoms. The van der Waals surface area contributed by atoms with Crippen LogP contribution in [0.4, 0.5) is 5.69 Å². The fourth-order valence-electron chi connectivity index (χ4n) is 2.29. The lowest BCUT2D eigenvalue weighted by atomic mass is 10.0. The van der Waals surface area contributed by atoms with Crippen molar-refractivity contribution in [2.45, 2.75) is 38.6 Å². The van der Waals surface area contributed by atoms with Crippen molar-refractivity contribution < 1.29 is 4.74 Å². The van der Waals surface area contributed by atoms with Gasteiger partial charge in [0.25, 0.3) is 0 Å². The minimum atomic E-state index is 0.305. The third-order valence-electron chi connectivity index (χ3n) is 3.60. The van der Waals surface area contributed by atoms with Gasteiger partial charge in [-0.1, -0.05) is 19.9 Å². The Morgan fingerprint density at radius 1 is 1.50 bits per heavy atom. The molecule has 0 amide bonds. The molecule has 0 aromatic heterocycles. The van der Waals surface area contributed by atoms with Gasteiger partial charge in [0.15, 0.2) is 0 Å². The van der Waals surface area contributed by atoms with Crippen molar-refractivity contribution in [2.24, 2.45) is 0 Å². The summed E-state index contributed by atoms with van der Waals surface area (Å²) < 4.78 is 5.79. The Kier molecular flexibility index (Phi) is 3.76. The number of nitriles is 1. The fourth-order valence-corrected chi connectivity index (χ4v) is 2.29. The lowest BCUT2D eigenvalue weighted by Crippen LogP contribution is -2.40. The molecular formula is C15H20N2O. The van der Waals surface area contributed by atoms with Crippen LogP contribution in [0.2, 0.25) is 0 Å². The molecule has 96 valence electrons. The SMILES string of the molecule is CC(C)c1ccc2c(c1)N(C)C(CCC#N)CO2. The van der Waals surface area contributed by atoms with E-state index in [9.17, 15) is 0 Å². The largest absolute Gasteiger partial charge is 0.489 e. The van der Waals surface area contributed by atoms with Crippen LogP contribution in [0, 0.1) is 11.3 Å². The van der Waals surface area contributed by atoms with Crippen LogP contribution in [0.5, 0.6) is 5.75 Å². The summed E-state index contributed by atoms with van der Waals surface area (Å²) in [6.45, 7) is 5.06. The average molecular weight is 244 g/mol. The monoisotopic (exact) mass is 244 g/mol. The first kappa shape index (κ1) is 12.8. The van der Waals surface area contributed by atoms with E-state index in [1.165, 1.54) is 5.56 Å². The Morgan fingerprint density at radius 2 is 2.28 bits per heavy atom. The highest BCUT2D eigenvalue weighted by molar-refractivity contribution is 5.62. The molecule has 1 aromatic carbocycles. The summed E-state index contributed by atoms with van der Waals surface area (Å²) in [6, 6.07) is 8.91. The predicted octanol–water partition coefficient (Wildman–Crippen LogP) is 3.31. The van der Waals surface area contributed by atoms with Gasteiger partial charge in [0, 0.05) is 13.5 Å². The van der Waals surface area contributed by atoms with Crippen LogP contribution < -0.4 is 9.64 Å². The zero-order chi connectivity index (χ0) is 13.1. The van der Waals surface area contributed by atoms with E-state index in [0.29, 0.717) is 25.0 Å². The lowest BCUT2D eigenvalue weighted by Gasteiger charge is -2.36. The Morgan fingerprint density at radius 3 is 2.94 bits per heavy atom. The topological polar surface area (TPSA) is 36.3 Å². The number of ether oxygens (including phenoxy) is 1. The number of benzene rings is 1. The van der Waals surface area contributed by atoms with Gasteiger partial charge < -0.3 is 9.64 Å². The molecule has 0 spiro atoms. The number of hydrogen-bond donors (Lipinski definition) is 0. The number of hydrogen-bond acceptors (Lipinski definition) is 3. The van der Waals surface area contributed by atoms with Crippen molar-refractivity contribution >= 4 is 5.69 Å². The predicted molar refractivity (Wildman–Crippen MR) is 73.1 cm³/mol. The Bertz CT molecular complexity index is 462. The molecule has 1 aliphatic rings. The van der Waals surface area contributed by atoms with E-state index in [2.05, 4.69) is 50.1 Å². The van der Waals surface area contributed by atoms with Gasteiger partial charge >= 0.3 is 0 Å². The van der Waals surface area contributed by atoms with E-state index in [0.717, 1.165) is 17.9 Å². The van der Waals surface area contributed by atoms with Gasteiger partial charge in [-0.25, -0.2) is 0 Å². The van der Waals surface area contributed by atoms with Crippen molar-refractivity contribution in [1.29, 1.82) is 5.26 Å². The molecule has 2 rings (SSSR count). The molecule has 0 bridgehead atoms. The number of anilines is 1. The van der Waals surface area contributed by atoms with Gasteiger partial charge in [-0.3, -0.25) is 0 Å². The van der Waals surface area contributed by atoms with Gasteiger partial charge in [-0.2, -0.15) is 5.26 Å². The number of fused-ring (bicyclic) bond motifs is 1. The quantitative estimate of drug-likeness (QED) is 0.818. The Balaban J connectivity index is 2.24. The fraction of sp³-hybridized carbons (Fsp3) is 0.533. The van der Waals surface area contributed by atoms with Gasteiger partial charge in [-0.05, 0) is 30.0 Å². The maximum Gasteiger partial charge on any atom is 0.142 e.